The van der Waals surface area contributed by atoms with Crippen molar-refractivity contribution in [2.24, 2.45) is 35.5 Å². The van der Waals surface area contributed by atoms with E-state index < -0.39 is 161 Å². The SMILES string of the molecule is CC=CC[C@@H](C)[C@@H](O)[C@H]1C(=O)N[C@@H](CC)C(=O)N(C)[C@H](CSCCN2CCNCC2)C(=O)N(C)[C@@H](CC(C)(C)O)C(=O)N[C@@H](C(C)C)C(=O)N(C)[C@@H](CC(C)C)C(=O)N[C@@H](C)C(=O)N[C@H](C)C(=O)N(C)[C@@H](CC(C)C)C(=O)N(C)[C@@H](CC(C)C)C(=O)N(C)[C@@H](C(C)C)C(=O)N1C. The van der Waals surface area contributed by atoms with Crippen LogP contribution in [0.2, 0.25) is 0 Å². The molecule has 96 heavy (non-hydrogen) atoms. The van der Waals surface area contributed by atoms with Crippen molar-refractivity contribution in [1.82, 2.24) is 65.8 Å². The van der Waals surface area contributed by atoms with Crippen LogP contribution in [0.25, 0.3) is 0 Å². The Morgan fingerprint density at radius 3 is 1.46 bits per heavy atom. The van der Waals surface area contributed by atoms with E-state index in [4.69, 9.17) is 0 Å². The van der Waals surface area contributed by atoms with Crippen molar-refractivity contribution in [3.05, 3.63) is 12.2 Å². The van der Waals surface area contributed by atoms with Crippen LogP contribution in [-0.2, 0) is 52.7 Å². The first-order chi connectivity index (χ1) is 44.5. The molecule has 26 nitrogen and oxygen atoms in total. The lowest BCUT2D eigenvalue weighted by Gasteiger charge is -2.41. The molecule has 0 aliphatic carbocycles. The number of amides is 11. The van der Waals surface area contributed by atoms with E-state index in [1.165, 1.54) is 113 Å². The van der Waals surface area contributed by atoms with Crippen LogP contribution in [0, 0.1) is 35.5 Å². The van der Waals surface area contributed by atoms with Gasteiger partial charge in [0.1, 0.15) is 66.5 Å². The molecule has 11 amide bonds. The number of nitrogens with zero attached hydrogens (tertiary/aromatic N) is 8. The van der Waals surface area contributed by atoms with Crippen molar-refractivity contribution in [3.63, 3.8) is 0 Å². The average molecular weight is 1380 g/mol. The number of piperazine rings is 1. The molecule has 27 heteroatoms. The summed E-state index contributed by atoms with van der Waals surface area (Å²) in [4.78, 5) is 175. The van der Waals surface area contributed by atoms with Gasteiger partial charge in [-0.25, -0.2) is 0 Å². The Morgan fingerprint density at radius 1 is 0.521 bits per heavy atom. The molecule has 0 bridgehead atoms. The number of carbonyl (C=O) groups is 11. The predicted molar refractivity (Wildman–Crippen MR) is 375 cm³/mol. The Bertz CT molecular complexity index is 2630. The quantitative estimate of drug-likeness (QED) is 0.0680. The third-order valence-corrected chi connectivity index (χ3v) is 19.4. The lowest BCUT2D eigenvalue weighted by Crippen LogP contribution is -2.64. The van der Waals surface area contributed by atoms with Crippen molar-refractivity contribution in [3.8, 4) is 0 Å². The number of nitrogens with one attached hydrogen (secondary N) is 5. The van der Waals surface area contributed by atoms with Gasteiger partial charge in [0.15, 0.2) is 0 Å². The number of carbonyl (C=O) groups excluding carboxylic acids is 11. The van der Waals surface area contributed by atoms with E-state index in [9.17, 15) is 29.4 Å². The molecule has 2 saturated heterocycles. The maximum absolute atomic E-state index is 15.4. The van der Waals surface area contributed by atoms with E-state index in [0.29, 0.717) is 12.3 Å². The van der Waals surface area contributed by atoms with Crippen LogP contribution in [-0.4, -0.2) is 286 Å². The number of likely N-dealkylation sites (N-methyl/N-ethyl adjacent to an activating group) is 7. The van der Waals surface area contributed by atoms with Crippen LogP contribution in [0.3, 0.4) is 0 Å². The largest absolute Gasteiger partial charge is 0.390 e. The number of aliphatic hydroxyl groups excluding tert-OH is 1. The molecule has 0 radical (unpaired) electrons. The van der Waals surface area contributed by atoms with Gasteiger partial charge in [0.05, 0.1) is 11.7 Å². The highest BCUT2D eigenvalue weighted by molar-refractivity contribution is 7.99. The summed E-state index contributed by atoms with van der Waals surface area (Å²) in [6, 6.07) is -14.4. The summed E-state index contributed by atoms with van der Waals surface area (Å²) in [5.41, 5.74) is -1.58. The number of thioether (sulfide) groups is 1. The summed E-state index contributed by atoms with van der Waals surface area (Å²) in [7, 11) is 9.91. The Labute approximate surface area is 578 Å². The molecule has 0 spiro atoms. The van der Waals surface area contributed by atoms with Gasteiger partial charge in [0, 0.05) is 100.0 Å². The van der Waals surface area contributed by atoms with Crippen LogP contribution in [0.15, 0.2) is 12.2 Å². The van der Waals surface area contributed by atoms with Crippen molar-refractivity contribution in [1.29, 1.82) is 0 Å². The van der Waals surface area contributed by atoms with E-state index in [1.54, 1.807) is 54.5 Å². The molecule has 7 N–H and O–H groups in total. The second kappa shape index (κ2) is 39.6. The first-order valence-corrected chi connectivity index (χ1v) is 35.7. The Hall–Kier alpha value is -5.90. The summed E-state index contributed by atoms with van der Waals surface area (Å²) >= 11 is 1.41. The molecule has 0 unspecified atom stereocenters. The molecule has 0 saturated carbocycles. The maximum atomic E-state index is 15.4. The molecule has 2 rings (SSSR count). The molecular formula is C69H125N13O13S. The van der Waals surface area contributed by atoms with Crippen LogP contribution in [0.5, 0.6) is 0 Å². The highest BCUT2D eigenvalue weighted by Crippen LogP contribution is 2.27. The Kier molecular flexibility index (Phi) is 35.6. The standard InChI is InChI=1S/C69H125N13O13S/c1-25-27-28-45(13)57(83)56-61(87)73-48(26-2)63(89)79(22)53(39-96-34-33-82-31-29-70-30-32-82)66(92)78(21)52(38-69(16,17)95)60(86)74-54(43(9)10)67(93)75(18)49(35-40(3)4)59(85)71-46(14)58(84)72-47(15)62(88)76(19)50(36-41(5)6)64(90)77(20)51(37-42(7)8)65(91)80(23)55(44(11)12)68(94)81(56)24/h25,27,40-57,70,83,95H,26,28-39H2,1-24H3,(H,71,85)(H,72,84)(H,73,87)(H,74,86)/t45-,46+,47-,48+,49+,50+,51+,52+,53-,54+,55+,56+,57-/m1/s1. The minimum atomic E-state index is -1.66. The highest BCUT2D eigenvalue weighted by atomic mass is 32.2. The van der Waals surface area contributed by atoms with Crippen LogP contribution < -0.4 is 26.6 Å². The first-order valence-electron chi connectivity index (χ1n) is 34.6. The number of allylic oxidation sites excluding steroid dienone is 2. The Balaban J connectivity index is 3.12. The zero-order valence-corrected chi connectivity index (χ0v) is 63.4. The molecule has 550 valence electrons. The normalized spacial score (nSPS) is 27.3. The summed E-state index contributed by atoms with van der Waals surface area (Å²) < 4.78 is 0. The van der Waals surface area contributed by atoms with E-state index in [-0.39, 0.29) is 62.0 Å². The van der Waals surface area contributed by atoms with Crippen molar-refractivity contribution >= 4 is 76.7 Å². The summed E-state index contributed by atoms with van der Waals surface area (Å²) in [6.07, 6.45) is 2.37. The van der Waals surface area contributed by atoms with Gasteiger partial charge in [-0.1, -0.05) is 95.2 Å². The first kappa shape index (κ1) is 86.2. The fraction of sp³-hybridized carbons (Fsp3) is 0.812. The van der Waals surface area contributed by atoms with E-state index >= 15 is 33.6 Å². The van der Waals surface area contributed by atoms with Gasteiger partial charge >= 0.3 is 0 Å². The summed E-state index contributed by atoms with van der Waals surface area (Å²) in [6.45, 7) is 32.9. The van der Waals surface area contributed by atoms with Gasteiger partial charge in [-0.15, -0.1) is 0 Å². The number of rotatable bonds is 20. The van der Waals surface area contributed by atoms with Gasteiger partial charge in [0.25, 0.3) is 0 Å². The van der Waals surface area contributed by atoms with E-state index in [1.807, 2.05) is 47.6 Å². The number of aliphatic hydroxyl groups is 2. The van der Waals surface area contributed by atoms with Gasteiger partial charge in [0.2, 0.25) is 65.0 Å². The lowest BCUT2D eigenvalue weighted by molar-refractivity contribution is -0.157. The second-order valence-corrected chi connectivity index (χ2v) is 30.5. The predicted octanol–water partition coefficient (Wildman–Crippen LogP) is 2.39. The zero-order valence-electron chi connectivity index (χ0n) is 62.6. The maximum Gasteiger partial charge on any atom is 0.246 e. The van der Waals surface area contributed by atoms with Crippen LogP contribution >= 0.6 is 11.8 Å². The minimum absolute atomic E-state index is 0.0226. The summed E-state index contributed by atoms with van der Waals surface area (Å²) in [5.74, 6) is -9.67. The molecular weight excluding hydrogens is 1250 g/mol. The molecule has 0 aromatic carbocycles. The average Bonchev–Trinajstić information content (AvgIpc) is 0.812. The highest BCUT2D eigenvalue weighted by Gasteiger charge is 2.47. The van der Waals surface area contributed by atoms with Gasteiger partial charge < -0.3 is 71.1 Å². The molecule has 2 aliphatic heterocycles. The van der Waals surface area contributed by atoms with Gasteiger partial charge in [-0.3, -0.25) is 57.6 Å². The van der Waals surface area contributed by atoms with E-state index in [0.717, 1.165) is 36.0 Å². The molecule has 2 fully saturated rings. The third kappa shape index (κ3) is 24.8. The monoisotopic (exact) mass is 1380 g/mol. The van der Waals surface area contributed by atoms with Crippen LogP contribution in [0.1, 0.15) is 156 Å². The van der Waals surface area contributed by atoms with Crippen molar-refractivity contribution in [2.75, 3.05) is 93.6 Å². The molecule has 0 aromatic rings. The lowest BCUT2D eigenvalue weighted by atomic mass is 9.91. The molecule has 2 heterocycles. The van der Waals surface area contributed by atoms with Gasteiger partial charge in [-0.05, 0) is 102 Å². The fourth-order valence-electron chi connectivity index (χ4n) is 12.3. The topological polar surface area (TPSA) is 314 Å². The summed E-state index contributed by atoms with van der Waals surface area (Å²) in [5, 5.41) is 38.2. The Morgan fingerprint density at radius 2 is 0.969 bits per heavy atom. The van der Waals surface area contributed by atoms with Crippen molar-refractivity contribution in [2.45, 2.75) is 234 Å². The smallest absolute Gasteiger partial charge is 0.246 e. The fourth-order valence-corrected chi connectivity index (χ4v) is 13.4. The number of hydrogen-bond acceptors (Lipinski definition) is 16. The zero-order chi connectivity index (χ0) is 73.7. The molecule has 0 aromatic heterocycles. The molecule has 2 aliphatic rings. The minimum Gasteiger partial charge on any atom is -0.390 e. The van der Waals surface area contributed by atoms with Crippen LogP contribution in [0.4, 0.5) is 0 Å². The third-order valence-electron chi connectivity index (χ3n) is 18.4. The molecule has 13 atom stereocenters. The number of hydrogen-bond donors (Lipinski definition) is 7. The van der Waals surface area contributed by atoms with Gasteiger partial charge in [-0.2, -0.15) is 11.8 Å². The van der Waals surface area contributed by atoms with Crippen molar-refractivity contribution < 1.29 is 63.0 Å². The van der Waals surface area contributed by atoms with E-state index in [2.05, 4.69) is 31.5 Å². The second-order valence-electron chi connectivity index (χ2n) is 29.4.